The Labute approximate surface area is 193 Å². The summed E-state index contributed by atoms with van der Waals surface area (Å²) in [7, 11) is 0. The molecule has 4 rings (SSSR count). The number of hydrazine groups is 1. The van der Waals surface area contributed by atoms with Crippen LogP contribution in [0.3, 0.4) is 0 Å². The van der Waals surface area contributed by atoms with Gasteiger partial charge >= 0.3 is 11.9 Å². The molecule has 1 amide bonds. The molecule has 0 aliphatic heterocycles. The van der Waals surface area contributed by atoms with Crippen LogP contribution in [-0.4, -0.2) is 23.0 Å². The zero-order valence-electron chi connectivity index (χ0n) is 17.6. The fourth-order valence-corrected chi connectivity index (χ4v) is 3.51. The number of furan rings is 1. The number of amides is 1. The standard InChI is InChI=1S/C25H19N3O6/c26-21-18(29)12-11-16(20(21)23(30)28-27)24(31)34-25(32)22-19(15-9-5-2-6-10-15)17(13-33-22)14-7-3-1-4-8-14/h1-13,29H,26-27H2,(H,28,30). The Hall–Kier alpha value is -4.89. The van der Waals surface area contributed by atoms with E-state index in [-0.39, 0.29) is 17.0 Å². The summed E-state index contributed by atoms with van der Waals surface area (Å²) in [6.07, 6.45) is 1.41. The van der Waals surface area contributed by atoms with E-state index in [9.17, 15) is 19.5 Å². The van der Waals surface area contributed by atoms with Gasteiger partial charge in [-0.1, -0.05) is 60.7 Å². The molecule has 0 unspecified atom stereocenters. The number of rotatable bonds is 5. The topological polar surface area (TPSA) is 158 Å². The molecule has 0 fully saturated rings. The Morgan fingerprint density at radius 3 is 2.09 bits per heavy atom. The van der Waals surface area contributed by atoms with Crippen LogP contribution in [0, 0.1) is 0 Å². The smallest absolute Gasteiger partial charge is 0.382 e. The number of anilines is 1. The van der Waals surface area contributed by atoms with Crippen LogP contribution in [0.5, 0.6) is 5.75 Å². The third-order valence-electron chi connectivity index (χ3n) is 5.11. The number of nitrogens with one attached hydrogen (secondary N) is 1. The van der Waals surface area contributed by atoms with Gasteiger partial charge in [0.05, 0.1) is 16.8 Å². The number of hydrogen-bond acceptors (Lipinski definition) is 8. The summed E-state index contributed by atoms with van der Waals surface area (Å²) in [5, 5.41) is 9.80. The Morgan fingerprint density at radius 1 is 0.853 bits per heavy atom. The van der Waals surface area contributed by atoms with Crippen LogP contribution >= 0.6 is 0 Å². The Bertz CT molecular complexity index is 1380. The van der Waals surface area contributed by atoms with Crippen LogP contribution in [0.4, 0.5) is 5.69 Å². The lowest BCUT2D eigenvalue weighted by Crippen LogP contribution is -2.32. The molecular weight excluding hydrogens is 438 g/mol. The second kappa shape index (κ2) is 9.31. The van der Waals surface area contributed by atoms with Crippen molar-refractivity contribution in [2.75, 3.05) is 5.73 Å². The van der Waals surface area contributed by atoms with E-state index in [1.807, 2.05) is 41.8 Å². The van der Waals surface area contributed by atoms with E-state index < -0.39 is 29.2 Å². The van der Waals surface area contributed by atoms with Crippen molar-refractivity contribution < 1.29 is 28.6 Å². The average molecular weight is 457 g/mol. The van der Waals surface area contributed by atoms with Gasteiger partial charge in [-0.25, -0.2) is 15.4 Å². The summed E-state index contributed by atoms with van der Waals surface area (Å²) in [6, 6.07) is 20.5. The predicted octanol–water partition coefficient (Wildman–Crippen LogP) is 3.50. The van der Waals surface area contributed by atoms with Crippen LogP contribution in [0.15, 0.2) is 83.5 Å². The van der Waals surface area contributed by atoms with E-state index in [0.29, 0.717) is 16.7 Å². The van der Waals surface area contributed by atoms with Gasteiger partial charge in [0.25, 0.3) is 5.91 Å². The van der Waals surface area contributed by atoms with Gasteiger partial charge < -0.3 is 20.0 Å². The van der Waals surface area contributed by atoms with Crippen molar-refractivity contribution in [3.05, 3.63) is 95.9 Å². The van der Waals surface area contributed by atoms with Crippen LogP contribution < -0.4 is 17.0 Å². The van der Waals surface area contributed by atoms with Gasteiger partial charge in [0, 0.05) is 11.1 Å². The van der Waals surface area contributed by atoms with Gasteiger partial charge in [0.15, 0.2) is 0 Å². The van der Waals surface area contributed by atoms with Crippen molar-refractivity contribution in [2.45, 2.75) is 0 Å². The van der Waals surface area contributed by atoms with Crippen molar-refractivity contribution in [2.24, 2.45) is 5.84 Å². The average Bonchev–Trinajstić information content (AvgIpc) is 3.31. The molecule has 1 heterocycles. The molecule has 0 spiro atoms. The van der Waals surface area contributed by atoms with Gasteiger partial charge in [-0.2, -0.15) is 0 Å². The maximum absolute atomic E-state index is 13.0. The summed E-state index contributed by atoms with van der Waals surface area (Å²) in [5.74, 6) is 1.33. The van der Waals surface area contributed by atoms with Crippen LogP contribution in [0.1, 0.15) is 31.3 Å². The fraction of sp³-hybridized carbons (Fsp3) is 0. The summed E-state index contributed by atoms with van der Waals surface area (Å²) >= 11 is 0. The number of phenolic OH excluding ortho intramolecular Hbond substituents is 1. The molecule has 6 N–H and O–H groups in total. The SMILES string of the molecule is NNC(=O)c1c(C(=O)OC(=O)c2occ(-c3ccccc3)c2-c2ccccc2)ccc(O)c1N. The molecule has 9 nitrogen and oxygen atoms in total. The van der Waals surface area contributed by atoms with E-state index in [1.165, 1.54) is 6.26 Å². The van der Waals surface area contributed by atoms with E-state index in [2.05, 4.69) is 0 Å². The highest BCUT2D eigenvalue weighted by atomic mass is 16.6. The Morgan fingerprint density at radius 2 is 1.47 bits per heavy atom. The van der Waals surface area contributed by atoms with Crippen molar-refractivity contribution in [3.63, 3.8) is 0 Å². The Kier molecular flexibility index (Phi) is 6.11. The number of carbonyl (C=O) groups excluding carboxylic acids is 3. The van der Waals surface area contributed by atoms with Crippen molar-refractivity contribution in [3.8, 4) is 28.0 Å². The highest BCUT2D eigenvalue weighted by Gasteiger charge is 2.29. The minimum absolute atomic E-state index is 0.199. The number of hydrogen-bond donors (Lipinski definition) is 4. The van der Waals surface area contributed by atoms with Gasteiger partial charge in [-0.05, 0) is 23.3 Å². The second-order valence-electron chi connectivity index (χ2n) is 7.16. The lowest BCUT2D eigenvalue weighted by Gasteiger charge is -2.11. The molecule has 1 aromatic heterocycles. The first-order chi connectivity index (χ1) is 16.4. The second-order valence-corrected chi connectivity index (χ2v) is 7.16. The van der Waals surface area contributed by atoms with E-state index >= 15 is 0 Å². The number of esters is 2. The first kappa shape index (κ1) is 22.3. The third kappa shape index (κ3) is 4.10. The molecule has 3 aromatic carbocycles. The normalized spacial score (nSPS) is 10.5. The fourth-order valence-electron chi connectivity index (χ4n) is 3.51. The van der Waals surface area contributed by atoms with Crippen molar-refractivity contribution >= 4 is 23.5 Å². The predicted molar refractivity (Wildman–Crippen MR) is 123 cm³/mol. The molecule has 4 aromatic rings. The van der Waals surface area contributed by atoms with Crippen molar-refractivity contribution in [1.29, 1.82) is 0 Å². The molecule has 0 saturated carbocycles. The van der Waals surface area contributed by atoms with Gasteiger partial charge in [-0.15, -0.1) is 0 Å². The molecule has 0 aliphatic rings. The largest absolute Gasteiger partial charge is 0.506 e. The molecular formula is C25H19N3O6. The quantitative estimate of drug-likeness (QED) is 0.0674. The number of nitrogens with two attached hydrogens (primary N) is 2. The molecule has 9 heteroatoms. The molecule has 0 saturated heterocycles. The first-order valence-electron chi connectivity index (χ1n) is 10.0. The summed E-state index contributed by atoms with van der Waals surface area (Å²) in [5.41, 5.74) is 8.93. The summed E-state index contributed by atoms with van der Waals surface area (Å²) in [6.45, 7) is 0. The van der Waals surface area contributed by atoms with Crippen LogP contribution in [0.2, 0.25) is 0 Å². The minimum Gasteiger partial charge on any atom is -0.506 e. The molecule has 0 radical (unpaired) electrons. The summed E-state index contributed by atoms with van der Waals surface area (Å²) < 4.78 is 10.6. The van der Waals surface area contributed by atoms with Gasteiger partial charge in [-0.3, -0.25) is 10.2 Å². The molecule has 0 bridgehead atoms. The number of ether oxygens (including phenoxy) is 1. The molecule has 0 atom stereocenters. The van der Waals surface area contributed by atoms with Crippen LogP contribution in [0.25, 0.3) is 22.3 Å². The van der Waals surface area contributed by atoms with Gasteiger partial charge in [0.1, 0.15) is 12.0 Å². The third-order valence-corrected chi connectivity index (χ3v) is 5.11. The minimum atomic E-state index is -1.17. The lowest BCUT2D eigenvalue weighted by atomic mass is 9.97. The maximum Gasteiger partial charge on any atom is 0.382 e. The molecule has 34 heavy (non-hydrogen) atoms. The highest BCUT2D eigenvalue weighted by Crippen LogP contribution is 2.37. The molecule has 170 valence electrons. The van der Waals surface area contributed by atoms with Crippen molar-refractivity contribution in [1.82, 2.24) is 5.43 Å². The monoisotopic (exact) mass is 457 g/mol. The summed E-state index contributed by atoms with van der Waals surface area (Å²) in [4.78, 5) is 38.0. The van der Waals surface area contributed by atoms with Crippen LogP contribution in [-0.2, 0) is 4.74 Å². The molecule has 0 aliphatic carbocycles. The zero-order valence-corrected chi connectivity index (χ0v) is 17.6. The first-order valence-corrected chi connectivity index (χ1v) is 10.0. The highest BCUT2D eigenvalue weighted by molar-refractivity contribution is 6.13. The number of nitrogen functional groups attached to an aromatic ring is 2. The zero-order chi connectivity index (χ0) is 24.2. The number of carbonyl (C=O) groups is 3. The lowest BCUT2D eigenvalue weighted by molar-refractivity contribution is 0.0374. The van der Waals surface area contributed by atoms with Gasteiger partial charge in [0.2, 0.25) is 5.76 Å². The van der Waals surface area contributed by atoms with E-state index in [0.717, 1.165) is 17.7 Å². The number of benzene rings is 3. The number of aromatic hydroxyl groups is 1. The maximum atomic E-state index is 13.0. The van der Waals surface area contributed by atoms with E-state index in [4.69, 9.17) is 20.7 Å². The number of phenols is 1. The van der Waals surface area contributed by atoms with E-state index in [1.54, 1.807) is 24.3 Å². The Balaban J connectivity index is 1.74.